The number of pyridine rings is 1. The number of nitrogens with zero attached hydrogens (tertiary/aromatic N) is 5. The third kappa shape index (κ3) is 4.20. The lowest BCUT2D eigenvalue weighted by atomic mass is 10.1. The Balaban J connectivity index is 1.67. The van der Waals surface area contributed by atoms with Gasteiger partial charge in [0, 0.05) is 24.4 Å². The van der Waals surface area contributed by atoms with Gasteiger partial charge in [-0.25, -0.2) is 4.98 Å². The Morgan fingerprint density at radius 2 is 1.94 bits per heavy atom. The summed E-state index contributed by atoms with van der Waals surface area (Å²) in [5, 5.41) is 12.8. The monoisotopic (exact) mass is 466 g/mol. The van der Waals surface area contributed by atoms with Crippen molar-refractivity contribution in [2.45, 2.75) is 18.6 Å². The van der Waals surface area contributed by atoms with Crippen LogP contribution in [0, 0.1) is 11.3 Å². The minimum atomic E-state index is -4.56. The van der Waals surface area contributed by atoms with Crippen LogP contribution in [-0.2, 0) is 12.6 Å². The van der Waals surface area contributed by atoms with Gasteiger partial charge in [0.15, 0.2) is 5.65 Å². The average molecular weight is 467 g/mol. The van der Waals surface area contributed by atoms with Gasteiger partial charge in [-0.2, -0.15) is 23.4 Å². The molecule has 4 rings (SSSR count). The number of aromatic nitrogens is 4. The summed E-state index contributed by atoms with van der Waals surface area (Å²) in [5.74, 6) is 0.144. The molecule has 0 saturated heterocycles. The van der Waals surface area contributed by atoms with Crippen LogP contribution in [0.1, 0.15) is 11.1 Å². The van der Waals surface area contributed by atoms with Crippen molar-refractivity contribution >= 4 is 28.8 Å². The molecule has 4 aromatic rings. The summed E-state index contributed by atoms with van der Waals surface area (Å²) in [6.07, 6.45) is -2.05. The Morgan fingerprint density at radius 3 is 2.61 bits per heavy atom. The molecule has 2 N–H and O–H groups in total. The van der Waals surface area contributed by atoms with Crippen LogP contribution in [0.2, 0.25) is 10.0 Å². The van der Waals surface area contributed by atoms with Gasteiger partial charge in [0.2, 0.25) is 5.82 Å². The van der Waals surface area contributed by atoms with E-state index in [0.29, 0.717) is 17.0 Å². The largest absolute Gasteiger partial charge is 0.417 e. The average Bonchev–Trinajstić information content (AvgIpc) is 3.34. The van der Waals surface area contributed by atoms with Crippen LogP contribution in [0.3, 0.4) is 0 Å². The quantitative estimate of drug-likeness (QED) is 0.464. The third-order valence-electron chi connectivity index (χ3n) is 4.37. The minimum absolute atomic E-state index is 0.0185. The summed E-state index contributed by atoms with van der Waals surface area (Å²) >= 11 is 12.3. The molecule has 12 heteroatoms. The summed E-state index contributed by atoms with van der Waals surface area (Å²) in [4.78, 5) is 8.42. The number of nitrogens with two attached hydrogens (primary N) is 1. The van der Waals surface area contributed by atoms with Crippen molar-refractivity contribution in [3.05, 3.63) is 57.8 Å². The normalized spacial score (nSPS) is 12.8. The second-order valence-electron chi connectivity index (χ2n) is 6.61. The maximum atomic E-state index is 13.0. The minimum Gasteiger partial charge on any atom is -0.332 e. The molecule has 3 aromatic heterocycles. The fourth-order valence-electron chi connectivity index (χ4n) is 2.92. The first-order valence-corrected chi connectivity index (χ1v) is 9.45. The summed E-state index contributed by atoms with van der Waals surface area (Å²) in [7, 11) is 0. The lowest BCUT2D eigenvalue weighted by molar-refractivity contribution is -0.137. The highest BCUT2D eigenvalue weighted by atomic mass is 35.5. The van der Waals surface area contributed by atoms with Crippen LogP contribution in [0.4, 0.5) is 13.2 Å². The second kappa shape index (κ2) is 7.85. The molecule has 1 unspecified atom stereocenters. The predicted octanol–water partition coefficient (Wildman–Crippen LogP) is 4.77. The van der Waals surface area contributed by atoms with E-state index in [0.717, 1.165) is 22.2 Å². The maximum Gasteiger partial charge on any atom is 0.417 e. The van der Waals surface area contributed by atoms with Crippen LogP contribution < -0.4 is 5.73 Å². The number of rotatable bonds is 4. The molecule has 0 spiro atoms. The van der Waals surface area contributed by atoms with Crippen molar-refractivity contribution in [1.82, 2.24) is 19.5 Å². The lowest BCUT2D eigenvalue weighted by Crippen LogP contribution is -2.19. The molecule has 1 atom stereocenters. The van der Waals surface area contributed by atoms with E-state index in [2.05, 4.69) is 15.1 Å². The van der Waals surface area contributed by atoms with E-state index in [-0.39, 0.29) is 28.1 Å². The molecule has 1 aromatic carbocycles. The molecule has 0 aliphatic rings. The van der Waals surface area contributed by atoms with Crippen molar-refractivity contribution in [3.63, 3.8) is 0 Å². The highest BCUT2D eigenvalue weighted by Crippen LogP contribution is 2.34. The number of fused-ring (bicyclic) bond motifs is 1. The molecule has 0 aliphatic carbocycles. The molecule has 7 nitrogen and oxygen atoms in total. The van der Waals surface area contributed by atoms with Crippen molar-refractivity contribution in [3.8, 4) is 29.0 Å². The first kappa shape index (κ1) is 21.1. The van der Waals surface area contributed by atoms with Crippen LogP contribution in [0.15, 0.2) is 41.2 Å². The molecule has 0 radical (unpaired) electrons. The number of nitriles is 1. The summed E-state index contributed by atoms with van der Waals surface area (Å²) in [5.41, 5.74) is 6.20. The topological polar surface area (TPSA) is 106 Å². The van der Waals surface area contributed by atoms with Gasteiger partial charge in [-0.15, -0.1) is 0 Å². The molecule has 158 valence electrons. The molecule has 3 heterocycles. The SMILES string of the molecule is N#CC(N)Cc1ccc(-c2noc(-c3cn4cc(C(F)(F)F)cc(Cl)c4n3)n2)c(Cl)c1. The van der Waals surface area contributed by atoms with Gasteiger partial charge >= 0.3 is 6.18 Å². The zero-order valence-corrected chi connectivity index (χ0v) is 16.9. The Kier molecular flexibility index (Phi) is 5.35. The predicted molar refractivity (Wildman–Crippen MR) is 106 cm³/mol. The number of alkyl halides is 3. The number of halogens is 5. The van der Waals surface area contributed by atoms with Crippen molar-refractivity contribution in [2.75, 3.05) is 0 Å². The standard InChI is InChI=1S/C19H11Cl2F3N6O/c20-13-4-9(3-11(26)6-25)1-2-12(13)16-28-18(31-29-16)15-8-30-7-10(19(22,23)24)5-14(21)17(30)27-15/h1-2,4-5,7-8,11H,3,26H2. The highest BCUT2D eigenvalue weighted by Gasteiger charge is 2.32. The summed E-state index contributed by atoms with van der Waals surface area (Å²) in [6, 6.07) is 7.12. The van der Waals surface area contributed by atoms with Gasteiger partial charge in [-0.1, -0.05) is 34.4 Å². The fourth-order valence-corrected chi connectivity index (χ4v) is 3.46. The summed E-state index contributed by atoms with van der Waals surface area (Å²) < 4.78 is 45.4. The zero-order valence-electron chi connectivity index (χ0n) is 15.4. The summed E-state index contributed by atoms with van der Waals surface area (Å²) in [6.45, 7) is 0. The molecule has 0 bridgehead atoms. The third-order valence-corrected chi connectivity index (χ3v) is 4.97. The first-order valence-electron chi connectivity index (χ1n) is 8.69. The van der Waals surface area contributed by atoms with E-state index in [1.54, 1.807) is 18.2 Å². The van der Waals surface area contributed by atoms with Crippen molar-refractivity contribution in [2.24, 2.45) is 5.73 Å². The van der Waals surface area contributed by atoms with E-state index in [4.69, 9.17) is 38.7 Å². The van der Waals surface area contributed by atoms with E-state index < -0.39 is 17.8 Å². The van der Waals surface area contributed by atoms with Crippen LogP contribution in [0.25, 0.3) is 28.6 Å². The van der Waals surface area contributed by atoms with Crippen LogP contribution in [0.5, 0.6) is 0 Å². The molecule has 0 amide bonds. The lowest BCUT2D eigenvalue weighted by Gasteiger charge is -2.07. The maximum absolute atomic E-state index is 13.0. The van der Waals surface area contributed by atoms with Gasteiger partial charge in [-0.3, -0.25) is 0 Å². The number of benzene rings is 1. The molecule has 31 heavy (non-hydrogen) atoms. The van der Waals surface area contributed by atoms with Gasteiger partial charge < -0.3 is 14.7 Å². The first-order chi connectivity index (χ1) is 14.7. The number of hydrogen-bond acceptors (Lipinski definition) is 6. The van der Waals surface area contributed by atoms with Crippen LogP contribution in [-0.4, -0.2) is 25.6 Å². The Bertz CT molecular complexity index is 1320. The van der Waals surface area contributed by atoms with Gasteiger partial charge in [0.05, 0.1) is 27.7 Å². The molecule has 0 saturated carbocycles. The smallest absolute Gasteiger partial charge is 0.332 e. The number of hydrogen-bond donors (Lipinski definition) is 1. The van der Waals surface area contributed by atoms with Crippen molar-refractivity contribution in [1.29, 1.82) is 5.26 Å². The molecular weight excluding hydrogens is 456 g/mol. The Morgan fingerprint density at radius 1 is 1.16 bits per heavy atom. The van der Waals surface area contributed by atoms with E-state index in [1.165, 1.54) is 6.20 Å². The molecular formula is C19H11Cl2F3N6O. The van der Waals surface area contributed by atoms with Crippen molar-refractivity contribution < 1.29 is 17.7 Å². The second-order valence-corrected chi connectivity index (χ2v) is 7.42. The highest BCUT2D eigenvalue weighted by molar-refractivity contribution is 6.33. The Hall–Kier alpha value is -3.13. The van der Waals surface area contributed by atoms with E-state index in [1.807, 2.05) is 6.07 Å². The molecule has 0 fully saturated rings. The fraction of sp³-hybridized carbons (Fsp3) is 0.158. The van der Waals surface area contributed by atoms with Gasteiger partial charge in [0.25, 0.3) is 5.89 Å². The van der Waals surface area contributed by atoms with Gasteiger partial charge in [-0.05, 0) is 23.8 Å². The molecule has 0 aliphatic heterocycles. The Labute approximate surface area is 182 Å². The van der Waals surface area contributed by atoms with E-state index in [9.17, 15) is 13.2 Å². The number of imidazole rings is 1. The zero-order chi connectivity index (χ0) is 22.3. The van der Waals surface area contributed by atoms with E-state index >= 15 is 0 Å². The van der Waals surface area contributed by atoms with Gasteiger partial charge in [0.1, 0.15) is 5.69 Å². The van der Waals surface area contributed by atoms with Crippen LogP contribution >= 0.6 is 23.2 Å².